The first-order valence-corrected chi connectivity index (χ1v) is 8.69. The van der Waals surface area contributed by atoms with Crippen LogP contribution in [0.15, 0.2) is 66.9 Å². The first-order valence-electron chi connectivity index (χ1n) is 8.31. The van der Waals surface area contributed by atoms with Crippen molar-refractivity contribution in [1.29, 1.82) is 0 Å². The molecule has 0 spiro atoms. The number of rotatable bonds is 5. The summed E-state index contributed by atoms with van der Waals surface area (Å²) in [7, 11) is 1.59. The molecule has 3 aromatic rings. The van der Waals surface area contributed by atoms with Crippen molar-refractivity contribution >= 4 is 29.2 Å². The van der Waals surface area contributed by atoms with E-state index in [0.29, 0.717) is 27.7 Å². The van der Waals surface area contributed by atoms with Crippen molar-refractivity contribution in [1.82, 2.24) is 15.0 Å². The predicted molar refractivity (Wildman–Crippen MR) is 108 cm³/mol. The summed E-state index contributed by atoms with van der Waals surface area (Å²) in [6, 6.07) is 6.47. The summed E-state index contributed by atoms with van der Waals surface area (Å²) < 4.78 is 18.9. The molecule has 1 amide bonds. The van der Waals surface area contributed by atoms with Gasteiger partial charge >= 0.3 is 0 Å². The van der Waals surface area contributed by atoms with Gasteiger partial charge in [0.15, 0.2) is 11.6 Å². The van der Waals surface area contributed by atoms with Crippen LogP contribution < -0.4 is 5.32 Å². The third-order valence-corrected chi connectivity index (χ3v) is 4.13. The van der Waals surface area contributed by atoms with Crippen LogP contribution in [0.5, 0.6) is 0 Å². The van der Waals surface area contributed by atoms with Crippen molar-refractivity contribution < 1.29 is 13.9 Å². The summed E-state index contributed by atoms with van der Waals surface area (Å²) in [6.07, 6.45) is 6.36. The molecule has 0 saturated carbocycles. The number of ether oxygens (including phenoxy) is 1. The summed E-state index contributed by atoms with van der Waals surface area (Å²) in [4.78, 5) is 28.3. The van der Waals surface area contributed by atoms with Crippen molar-refractivity contribution in [2.75, 3.05) is 12.4 Å². The SMILES string of the molecule is C=COC(=NC)c1ccc(Cl)c(-c2cnc(NC(=O)c3ccncc3F)cn2)c1. The molecule has 0 bridgehead atoms. The summed E-state index contributed by atoms with van der Waals surface area (Å²) >= 11 is 6.29. The van der Waals surface area contributed by atoms with Gasteiger partial charge in [0.2, 0.25) is 5.90 Å². The largest absolute Gasteiger partial charge is 0.447 e. The van der Waals surface area contributed by atoms with Crippen molar-refractivity contribution in [3.8, 4) is 11.3 Å². The topological polar surface area (TPSA) is 89.4 Å². The molecule has 146 valence electrons. The Hall–Kier alpha value is -3.65. The van der Waals surface area contributed by atoms with Gasteiger partial charge in [-0.3, -0.25) is 19.8 Å². The molecule has 29 heavy (non-hydrogen) atoms. The second-order valence-corrected chi connectivity index (χ2v) is 6.01. The molecular formula is C20H15ClFN5O2. The molecule has 0 aliphatic heterocycles. The van der Waals surface area contributed by atoms with Crippen molar-refractivity contribution in [2.45, 2.75) is 0 Å². The summed E-state index contributed by atoms with van der Waals surface area (Å²) in [5.41, 5.74) is 1.61. The molecule has 0 saturated heterocycles. The number of nitrogens with one attached hydrogen (secondary N) is 1. The van der Waals surface area contributed by atoms with E-state index in [2.05, 4.69) is 31.8 Å². The normalized spacial score (nSPS) is 11.1. The number of anilines is 1. The Balaban J connectivity index is 1.84. The Bertz CT molecular complexity index is 1090. The summed E-state index contributed by atoms with van der Waals surface area (Å²) in [6.45, 7) is 3.52. The van der Waals surface area contributed by atoms with Gasteiger partial charge in [-0.15, -0.1) is 0 Å². The number of aromatic nitrogens is 3. The van der Waals surface area contributed by atoms with E-state index < -0.39 is 11.7 Å². The number of aliphatic imine (C=N–C) groups is 1. The Labute approximate surface area is 171 Å². The molecule has 0 aliphatic rings. The van der Waals surface area contributed by atoms with Crippen LogP contribution in [0, 0.1) is 5.82 Å². The van der Waals surface area contributed by atoms with E-state index in [1.54, 1.807) is 25.2 Å². The van der Waals surface area contributed by atoms with Crippen molar-refractivity contribution in [3.05, 3.63) is 83.9 Å². The van der Waals surface area contributed by atoms with Crippen molar-refractivity contribution in [2.24, 2.45) is 4.99 Å². The van der Waals surface area contributed by atoms with Crippen LogP contribution >= 0.6 is 11.6 Å². The Morgan fingerprint density at radius 3 is 2.76 bits per heavy atom. The smallest absolute Gasteiger partial charge is 0.259 e. The number of benzene rings is 1. The van der Waals surface area contributed by atoms with Gasteiger partial charge in [-0.2, -0.15) is 0 Å². The van der Waals surface area contributed by atoms with Crippen LogP contribution in [0.1, 0.15) is 15.9 Å². The van der Waals surface area contributed by atoms with E-state index in [1.807, 2.05) is 0 Å². The minimum absolute atomic E-state index is 0.143. The second-order valence-electron chi connectivity index (χ2n) is 5.60. The standard InChI is InChI=1S/C20H15ClFN5O2/c1-3-29-20(23-2)12-4-5-15(21)14(8-12)17-10-26-18(11-25-17)27-19(28)13-6-7-24-9-16(13)22/h3-11H,1H2,2H3,(H,26,27,28). The molecule has 0 aliphatic carbocycles. The molecule has 1 aromatic carbocycles. The number of carbonyl (C=O) groups excluding carboxylic acids is 1. The van der Waals surface area contributed by atoms with E-state index in [9.17, 15) is 9.18 Å². The van der Waals surface area contributed by atoms with Gasteiger partial charge < -0.3 is 10.1 Å². The zero-order chi connectivity index (χ0) is 20.8. The molecule has 9 heteroatoms. The first kappa shape index (κ1) is 20.1. The number of amides is 1. The number of hydrogen-bond acceptors (Lipinski definition) is 6. The third kappa shape index (κ3) is 4.61. The molecule has 0 radical (unpaired) electrons. The van der Waals surface area contributed by atoms with Gasteiger partial charge in [0.25, 0.3) is 5.91 Å². The lowest BCUT2D eigenvalue weighted by atomic mass is 10.1. The molecule has 2 aromatic heterocycles. The van der Waals surface area contributed by atoms with Crippen LogP contribution in [0.4, 0.5) is 10.2 Å². The Morgan fingerprint density at radius 1 is 1.28 bits per heavy atom. The number of pyridine rings is 1. The van der Waals surface area contributed by atoms with E-state index in [0.717, 1.165) is 6.20 Å². The first-order chi connectivity index (χ1) is 14.0. The average Bonchev–Trinajstić information content (AvgIpc) is 2.73. The van der Waals surface area contributed by atoms with Crippen LogP contribution in [0.25, 0.3) is 11.3 Å². The minimum atomic E-state index is -0.728. The van der Waals surface area contributed by atoms with E-state index in [1.165, 1.54) is 30.9 Å². The molecule has 1 N–H and O–H groups in total. The number of hydrogen-bond donors (Lipinski definition) is 1. The lowest BCUT2D eigenvalue weighted by Crippen LogP contribution is -2.15. The van der Waals surface area contributed by atoms with E-state index in [-0.39, 0.29) is 11.4 Å². The average molecular weight is 412 g/mol. The fourth-order valence-electron chi connectivity index (χ4n) is 2.46. The monoisotopic (exact) mass is 411 g/mol. The number of halogens is 2. The molecule has 7 nitrogen and oxygen atoms in total. The highest BCUT2D eigenvalue weighted by Gasteiger charge is 2.14. The van der Waals surface area contributed by atoms with Crippen molar-refractivity contribution in [3.63, 3.8) is 0 Å². The quantitative estimate of drug-likeness (QED) is 0.387. The highest BCUT2D eigenvalue weighted by Crippen LogP contribution is 2.28. The minimum Gasteiger partial charge on any atom is -0.447 e. The predicted octanol–water partition coefficient (Wildman–Crippen LogP) is 4.12. The van der Waals surface area contributed by atoms with Gasteiger partial charge in [-0.25, -0.2) is 9.37 Å². The van der Waals surface area contributed by atoms with Gasteiger partial charge in [-0.05, 0) is 24.3 Å². The van der Waals surface area contributed by atoms with Crippen LogP contribution in [0.3, 0.4) is 0 Å². The summed E-state index contributed by atoms with van der Waals surface area (Å²) in [5, 5.41) is 2.94. The molecule has 2 heterocycles. The molecule has 3 rings (SSSR count). The highest BCUT2D eigenvalue weighted by atomic mass is 35.5. The van der Waals surface area contributed by atoms with Crippen LogP contribution in [0.2, 0.25) is 5.02 Å². The fraction of sp³-hybridized carbons (Fsp3) is 0.0500. The molecule has 0 unspecified atom stereocenters. The number of nitrogens with zero attached hydrogens (tertiary/aromatic N) is 4. The molecular weight excluding hydrogens is 397 g/mol. The third-order valence-electron chi connectivity index (χ3n) is 3.80. The maximum absolute atomic E-state index is 13.7. The summed E-state index contributed by atoms with van der Waals surface area (Å²) in [5.74, 6) is -0.854. The lowest BCUT2D eigenvalue weighted by Gasteiger charge is -2.09. The molecule has 0 atom stereocenters. The van der Waals surface area contributed by atoms with Gasteiger partial charge in [0.1, 0.15) is 0 Å². The van der Waals surface area contributed by atoms with Crippen LogP contribution in [-0.4, -0.2) is 33.8 Å². The maximum Gasteiger partial charge on any atom is 0.259 e. The maximum atomic E-state index is 13.7. The zero-order valence-corrected chi connectivity index (χ0v) is 16.0. The second kappa shape index (κ2) is 9.03. The van der Waals surface area contributed by atoms with Gasteiger partial charge in [-0.1, -0.05) is 18.2 Å². The molecule has 0 fully saturated rings. The number of carbonyl (C=O) groups is 1. The highest BCUT2D eigenvalue weighted by molar-refractivity contribution is 6.33. The Morgan fingerprint density at radius 2 is 2.10 bits per heavy atom. The van der Waals surface area contributed by atoms with Gasteiger partial charge in [0.05, 0.1) is 41.1 Å². The lowest BCUT2D eigenvalue weighted by molar-refractivity contribution is 0.102. The van der Waals surface area contributed by atoms with Gasteiger partial charge in [0, 0.05) is 24.4 Å². The fourth-order valence-corrected chi connectivity index (χ4v) is 2.67. The van der Waals surface area contributed by atoms with E-state index >= 15 is 0 Å². The van der Waals surface area contributed by atoms with E-state index in [4.69, 9.17) is 16.3 Å². The Kier molecular flexibility index (Phi) is 6.25. The zero-order valence-electron chi connectivity index (χ0n) is 15.3. The van der Waals surface area contributed by atoms with Crippen LogP contribution in [-0.2, 0) is 4.74 Å².